The Hall–Kier alpha value is -2.43. The molecule has 0 radical (unpaired) electrons. The first-order chi connectivity index (χ1) is 13.3. The van der Waals surface area contributed by atoms with Gasteiger partial charge < -0.3 is 5.32 Å². The van der Waals surface area contributed by atoms with E-state index in [-0.39, 0.29) is 35.6 Å². The molecule has 1 saturated heterocycles. The zero-order chi connectivity index (χ0) is 20.3. The van der Waals surface area contributed by atoms with Crippen molar-refractivity contribution >= 4 is 34.2 Å². The Kier molecular flexibility index (Phi) is 6.01. The van der Waals surface area contributed by atoms with E-state index >= 15 is 0 Å². The number of hydrogen-bond donors (Lipinski definition) is 2. The molecule has 0 aromatic heterocycles. The minimum atomic E-state index is -3.73. The fourth-order valence-corrected chi connectivity index (χ4v) is 4.79. The Balaban J connectivity index is 1.62. The number of thiol groups is 1. The highest BCUT2D eigenvalue weighted by Gasteiger charge is 2.30. The van der Waals surface area contributed by atoms with Crippen LogP contribution in [0.25, 0.3) is 0 Å². The minimum absolute atomic E-state index is 0.0181. The van der Waals surface area contributed by atoms with Crippen LogP contribution in [0.15, 0.2) is 58.3 Å². The molecule has 10 heteroatoms. The highest BCUT2D eigenvalue weighted by Crippen LogP contribution is 2.23. The maximum Gasteiger partial charge on any atom is 0.269 e. The number of nitrogens with one attached hydrogen (secondary N) is 1. The lowest BCUT2D eigenvalue weighted by molar-refractivity contribution is -0.384. The molecule has 0 unspecified atom stereocenters. The van der Waals surface area contributed by atoms with Crippen molar-refractivity contribution in [2.75, 3.05) is 13.1 Å². The molecule has 1 N–H and O–H groups in total. The van der Waals surface area contributed by atoms with Gasteiger partial charge >= 0.3 is 0 Å². The Labute approximate surface area is 168 Å². The number of non-ortho nitro benzene ring substituents is 1. The van der Waals surface area contributed by atoms with E-state index in [9.17, 15) is 23.3 Å². The van der Waals surface area contributed by atoms with Crippen LogP contribution in [0, 0.1) is 10.1 Å². The molecule has 1 heterocycles. The Bertz CT molecular complexity index is 985. The molecule has 0 saturated carbocycles. The van der Waals surface area contributed by atoms with Crippen molar-refractivity contribution in [2.45, 2.75) is 28.7 Å². The van der Waals surface area contributed by atoms with Gasteiger partial charge in [-0.05, 0) is 37.1 Å². The predicted octanol–water partition coefficient (Wildman–Crippen LogP) is 2.47. The highest BCUT2D eigenvalue weighted by molar-refractivity contribution is 7.89. The average Bonchev–Trinajstić information content (AvgIpc) is 2.68. The Morgan fingerprint density at radius 3 is 2.29 bits per heavy atom. The molecule has 8 nitrogen and oxygen atoms in total. The van der Waals surface area contributed by atoms with Crippen molar-refractivity contribution in [3.63, 3.8) is 0 Å². The molecule has 0 bridgehead atoms. The largest absolute Gasteiger partial charge is 0.349 e. The molecule has 1 amide bonds. The average molecular weight is 422 g/mol. The van der Waals surface area contributed by atoms with Gasteiger partial charge in [0.15, 0.2) is 0 Å². The lowest BCUT2D eigenvalue weighted by Crippen LogP contribution is -2.46. The van der Waals surface area contributed by atoms with E-state index in [1.165, 1.54) is 28.6 Å². The third-order valence-electron chi connectivity index (χ3n) is 4.62. The molecule has 1 aliphatic rings. The first kappa shape index (κ1) is 20.3. The summed E-state index contributed by atoms with van der Waals surface area (Å²) in [5, 5.41) is 13.6. The summed E-state index contributed by atoms with van der Waals surface area (Å²) in [6, 6.07) is 11.7. The number of nitrogens with zero attached hydrogens (tertiary/aromatic N) is 2. The highest BCUT2D eigenvalue weighted by atomic mass is 32.2. The molecule has 0 atom stereocenters. The monoisotopic (exact) mass is 421 g/mol. The quantitative estimate of drug-likeness (QED) is 0.438. The number of nitro benzene ring substituents is 1. The van der Waals surface area contributed by atoms with E-state index < -0.39 is 14.9 Å². The van der Waals surface area contributed by atoms with Crippen LogP contribution in [-0.2, 0) is 10.0 Å². The number of carbonyl (C=O) groups is 1. The summed E-state index contributed by atoms with van der Waals surface area (Å²) in [5.41, 5.74) is 0.316. The second-order valence-electron chi connectivity index (χ2n) is 6.42. The second kappa shape index (κ2) is 8.29. The van der Waals surface area contributed by atoms with Crippen LogP contribution < -0.4 is 5.32 Å². The number of carbonyl (C=O) groups excluding carboxylic acids is 1. The predicted molar refractivity (Wildman–Crippen MR) is 106 cm³/mol. The maximum atomic E-state index is 12.7. The molecule has 0 spiro atoms. The molecule has 1 fully saturated rings. The summed E-state index contributed by atoms with van der Waals surface area (Å²) in [5.74, 6) is -0.234. The minimum Gasteiger partial charge on any atom is -0.349 e. The number of hydrogen-bond acceptors (Lipinski definition) is 6. The Morgan fingerprint density at radius 1 is 1.11 bits per heavy atom. The van der Waals surface area contributed by atoms with Crippen molar-refractivity contribution in [1.29, 1.82) is 0 Å². The number of sulfonamides is 1. The molecule has 28 heavy (non-hydrogen) atoms. The standard InChI is InChI=1S/C18H19N3O5S2/c22-18(16-3-1-2-4-17(16)27)19-13-9-11-20(12-10-13)28(25,26)15-7-5-14(6-8-15)21(23)24/h1-8,13,27H,9-12H2,(H,19,22). The van der Waals surface area contributed by atoms with Gasteiger partial charge in [-0.15, -0.1) is 12.6 Å². The van der Waals surface area contributed by atoms with Crippen LogP contribution >= 0.6 is 12.6 Å². The van der Waals surface area contributed by atoms with Crippen LogP contribution in [0.1, 0.15) is 23.2 Å². The van der Waals surface area contributed by atoms with Crippen molar-refractivity contribution in [1.82, 2.24) is 9.62 Å². The third kappa shape index (κ3) is 4.34. The van der Waals surface area contributed by atoms with E-state index in [0.717, 1.165) is 0 Å². The first-order valence-electron chi connectivity index (χ1n) is 8.62. The number of nitro groups is 1. The zero-order valence-electron chi connectivity index (χ0n) is 14.8. The van der Waals surface area contributed by atoms with E-state index in [0.29, 0.717) is 23.3 Å². The van der Waals surface area contributed by atoms with Gasteiger partial charge in [0.25, 0.3) is 11.6 Å². The van der Waals surface area contributed by atoms with Gasteiger partial charge in [0.2, 0.25) is 10.0 Å². The summed E-state index contributed by atoms with van der Waals surface area (Å²) in [4.78, 5) is 23.1. The first-order valence-corrected chi connectivity index (χ1v) is 10.5. The van der Waals surface area contributed by atoms with E-state index in [2.05, 4.69) is 17.9 Å². The van der Waals surface area contributed by atoms with Crippen LogP contribution in [-0.4, -0.2) is 42.7 Å². The normalized spacial score (nSPS) is 15.9. The zero-order valence-corrected chi connectivity index (χ0v) is 16.5. The van der Waals surface area contributed by atoms with E-state index in [1.54, 1.807) is 24.3 Å². The van der Waals surface area contributed by atoms with Gasteiger partial charge in [0.05, 0.1) is 15.4 Å². The Morgan fingerprint density at radius 2 is 1.71 bits per heavy atom. The SMILES string of the molecule is O=C(NC1CCN(S(=O)(=O)c2ccc([N+](=O)[O-])cc2)CC1)c1ccccc1S. The van der Waals surface area contributed by atoms with Gasteiger partial charge in [-0.2, -0.15) is 4.31 Å². The van der Waals surface area contributed by atoms with Gasteiger partial charge in [-0.25, -0.2) is 8.42 Å². The summed E-state index contributed by atoms with van der Waals surface area (Å²) < 4.78 is 26.8. The van der Waals surface area contributed by atoms with Gasteiger partial charge in [-0.1, -0.05) is 12.1 Å². The topological polar surface area (TPSA) is 110 Å². The molecule has 1 aliphatic heterocycles. The molecule has 3 rings (SSSR count). The lowest BCUT2D eigenvalue weighted by atomic mass is 10.1. The summed E-state index contributed by atoms with van der Waals surface area (Å²) in [7, 11) is -3.73. The third-order valence-corrected chi connectivity index (χ3v) is 6.93. The van der Waals surface area contributed by atoms with Crippen molar-refractivity contribution in [2.24, 2.45) is 0 Å². The fourth-order valence-electron chi connectivity index (χ4n) is 3.06. The smallest absolute Gasteiger partial charge is 0.269 e. The van der Waals surface area contributed by atoms with Crippen molar-refractivity contribution in [3.8, 4) is 0 Å². The maximum absolute atomic E-state index is 12.7. The van der Waals surface area contributed by atoms with Crippen molar-refractivity contribution < 1.29 is 18.1 Å². The second-order valence-corrected chi connectivity index (χ2v) is 8.84. The van der Waals surface area contributed by atoms with Gasteiger partial charge in [-0.3, -0.25) is 14.9 Å². The molecular weight excluding hydrogens is 402 g/mol. The molecule has 0 aliphatic carbocycles. The number of amides is 1. The number of benzene rings is 2. The van der Waals surface area contributed by atoms with Crippen molar-refractivity contribution in [3.05, 3.63) is 64.2 Å². The number of rotatable bonds is 5. The van der Waals surface area contributed by atoms with E-state index in [1.807, 2.05) is 0 Å². The van der Waals surface area contributed by atoms with Crippen LogP contribution in [0.2, 0.25) is 0 Å². The van der Waals surface area contributed by atoms with Crippen LogP contribution in [0.4, 0.5) is 5.69 Å². The fraction of sp³-hybridized carbons (Fsp3) is 0.278. The van der Waals surface area contributed by atoms with Gasteiger partial charge in [0.1, 0.15) is 0 Å². The molecule has 148 valence electrons. The van der Waals surface area contributed by atoms with Gasteiger partial charge in [0, 0.05) is 36.2 Å². The lowest BCUT2D eigenvalue weighted by Gasteiger charge is -2.31. The van der Waals surface area contributed by atoms with E-state index in [4.69, 9.17) is 0 Å². The number of piperidine rings is 1. The summed E-state index contributed by atoms with van der Waals surface area (Å²) in [6.07, 6.45) is 0.958. The summed E-state index contributed by atoms with van der Waals surface area (Å²) >= 11 is 4.28. The summed E-state index contributed by atoms with van der Waals surface area (Å²) in [6.45, 7) is 0.513. The molecule has 2 aromatic carbocycles. The van der Waals surface area contributed by atoms with Crippen LogP contribution in [0.5, 0.6) is 0 Å². The van der Waals surface area contributed by atoms with Crippen LogP contribution in [0.3, 0.4) is 0 Å². The molecular formula is C18H19N3O5S2. The molecule has 2 aromatic rings.